The number of aryl methyl sites for hydroxylation is 1. The number of halogens is 2. The molecule has 1 saturated heterocycles. The van der Waals surface area contributed by atoms with E-state index in [0.717, 1.165) is 49.1 Å². The lowest BCUT2D eigenvalue weighted by Crippen LogP contribution is -2.47. The van der Waals surface area contributed by atoms with Crippen LogP contribution in [0, 0.1) is 12.7 Å². The van der Waals surface area contributed by atoms with Crippen LogP contribution in [0.5, 0.6) is 0 Å². The predicted octanol–water partition coefficient (Wildman–Crippen LogP) is 4.81. The number of aromatic nitrogens is 3. The van der Waals surface area contributed by atoms with Crippen molar-refractivity contribution in [2.24, 2.45) is 0 Å². The summed E-state index contributed by atoms with van der Waals surface area (Å²) in [6.07, 6.45) is 1.77. The van der Waals surface area contributed by atoms with Crippen molar-refractivity contribution in [2.45, 2.75) is 26.8 Å². The van der Waals surface area contributed by atoms with Gasteiger partial charge in [-0.1, -0.05) is 11.6 Å². The molecular formula is C24H28ClFN6. The first kappa shape index (κ1) is 22.3. The van der Waals surface area contributed by atoms with E-state index in [1.165, 1.54) is 6.07 Å². The minimum atomic E-state index is -0.216. The van der Waals surface area contributed by atoms with Crippen LogP contribution in [0.2, 0.25) is 5.02 Å². The maximum Gasteiger partial charge on any atom is 0.227 e. The van der Waals surface area contributed by atoms with Gasteiger partial charge in [-0.05, 0) is 56.7 Å². The van der Waals surface area contributed by atoms with E-state index in [2.05, 4.69) is 28.6 Å². The second kappa shape index (κ2) is 9.28. The fourth-order valence-corrected chi connectivity index (χ4v) is 3.92. The highest BCUT2D eigenvalue weighted by Gasteiger charge is 2.23. The Bertz CT molecular complexity index is 1100. The average molecular weight is 455 g/mol. The van der Waals surface area contributed by atoms with Crippen LogP contribution in [0.4, 0.5) is 22.0 Å². The zero-order valence-electron chi connectivity index (χ0n) is 18.9. The molecule has 0 saturated carbocycles. The smallest absolute Gasteiger partial charge is 0.227 e. The molecule has 2 aromatic heterocycles. The highest BCUT2D eigenvalue weighted by atomic mass is 35.5. The highest BCUT2D eigenvalue weighted by molar-refractivity contribution is 6.32. The molecule has 0 N–H and O–H groups in total. The third kappa shape index (κ3) is 4.63. The van der Waals surface area contributed by atoms with Crippen LogP contribution < -0.4 is 14.7 Å². The van der Waals surface area contributed by atoms with E-state index in [9.17, 15) is 4.39 Å². The predicted molar refractivity (Wildman–Crippen MR) is 129 cm³/mol. The molecule has 0 atom stereocenters. The van der Waals surface area contributed by atoms with Gasteiger partial charge in [-0.3, -0.25) is 0 Å². The Kier molecular flexibility index (Phi) is 6.46. The van der Waals surface area contributed by atoms with Crippen LogP contribution >= 0.6 is 11.6 Å². The van der Waals surface area contributed by atoms with E-state index in [-0.39, 0.29) is 11.9 Å². The van der Waals surface area contributed by atoms with Crippen molar-refractivity contribution in [2.75, 3.05) is 47.9 Å². The molecule has 0 unspecified atom stereocenters. The van der Waals surface area contributed by atoms with Gasteiger partial charge in [-0.2, -0.15) is 4.98 Å². The van der Waals surface area contributed by atoms with Gasteiger partial charge >= 0.3 is 0 Å². The van der Waals surface area contributed by atoms with E-state index >= 15 is 0 Å². The summed E-state index contributed by atoms with van der Waals surface area (Å²) in [6, 6.07) is 11.0. The zero-order valence-corrected chi connectivity index (χ0v) is 19.6. The normalized spacial score (nSPS) is 14.2. The number of pyridine rings is 1. The molecule has 6 nitrogen and oxygen atoms in total. The monoisotopic (exact) mass is 454 g/mol. The van der Waals surface area contributed by atoms with Gasteiger partial charge in [0.2, 0.25) is 5.95 Å². The lowest BCUT2D eigenvalue weighted by atomic mass is 10.1. The Hall–Kier alpha value is -2.93. The lowest BCUT2D eigenvalue weighted by molar-refractivity contribution is 0.618. The molecule has 4 rings (SSSR count). The fourth-order valence-electron chi connectivity index (χ4n) is 3.68. The summed E-state index contributed by atoms with van der Waals surface area (Å²) >= 11 is 6.34. The summed E-state index contributed by atoms with van der Waals surface area (Å²) in [6.45, 7) is 9.14. The molecule has 0 bridgehead atoms. The number of nitrogens with zero attached hydrogens (tertiary/aromatic N) is 6. The zero-order chi connectivity index (χ0) is 22.8. The summed E-state index contributed by atoms with van der Waals surface area (Å²) in [4.78, 5) is 20.6. The lowest BCUT2D eigenvalue weighted by Gasteiger charge is -2.36. The average Bonchev–Trinajstić information content (AvgIpc) is 2.80. The van der Waals surface area contributed by atoms with E-state index in [1.807, 2.05) is 36.2 Å². The molecule has 0 aliphatic carbocycles. The summed E-state index contributed by atoms with van der Waals surface area (Å²) in [5, 5.41) is 0.665. The first-order valence-electron chi connectivity index (χ1n) is 10.8. The third-order valence-electron chi connectivity index (χ3n) is 5.89. The van der Waals surface area contributed by atoms with Gasteiger partial charge in [0, 0.05) is 57.1 Å². The minimum absolute atomic E-state index is 0.216. The molecule has 1 aliphatic rings. The Morgan fingerprint density at radius 1 is 1.03 bits per heavy atom. The maximum atomic E-state index is 13.8. The van der Waals surface area contributed by atoms with Gasteiger partial charge in [0.25, 0.3) is 0 Å². The van der Waals surface area contributed by atoms with Crippen molar-refractivity contribution in [1.29, 1.82) is 0 Å². The van der Waals surface area contributed by atoms with Gasteiger partial charge < -0.3 is 14.7 Å². The molecule has 1 fully saturated rings. The van der Waals surface area contributed by atoms with Gasteiger partial charge in [-0.15, -0.1) is 0 Å². The molecule has 1 aliphatic heterocycles. The summed E-state index contributed by atoms with van der Waals surface area (Å²) < 4.78 is 13.8. The summed E-state index contributed by atoms with van der Waals surface area (Å²) in [5.41, 5.74) is 2.27. The number of anilines is 3. The Morgan fingerprint density at radius 2 is 1.75 bits per heavy atom. The third-order valence-corrected chi connectivity index (χ3v) is 6.18. The second-order valence-corrected chi connectivity index (χ2v) is 8.77. The quantitative estimate of drug-likeness (QED) is 0.551. The summed E-state index contributed by atoms with van der Waals surface area (Å²) in [5.74, 6) is 2.13. The first-order chi connectivity index (χ1) is 15.3. The fraction of sp³-hybridized carbons (Fsp3) is 0.375. The molecular weight excluding hydrogens is 427 g/mol. The Morgan fingerprint density at radius 3 is 2.41 bits per heavy atom. The van der Waals surface area contributed by atoms with Crippen LogP contribution in [0.3, 0.4) is 0 Å². The maximum absolute atomic E-state index is 13.8. The number of piperazine rings is 1. The number of hydrogen-bond donors (Lipinski definition) is 0. The first-order valence-corrected chi connectivity index (χ1v) is 11.2. The number of benzene rings is 1. The Balaban J connectivity index is 1.64. The number of rotatable bonds is 5. The van der Waals surface area contributed by atoms with E-state index in [0.29, 0.717) is 16.5 Å². The largest absolute Gasteiger partial charge is 0.353 e. The van der Waals surface area contributed by atoms with Crippen LogP contribution in [0.15, 0.2) is 42.6 Å². The van der Waals surface area contributed by atoms with Crippen molar-refractivity contribution in [3.63, 3.8) is 0 Å². The van der Waals surface area contributed by atoms with Gasteiger partial charge in [0.05, 0.1) is 10.7 Å². The van der Waals surface area contributed by atoms with Crippen molar-refractivity contribution in [3.8, 4) is 11.3 Å². The molecule has 3 heterocycles. The Labute approximate surface area is 193 Å². The molecule has 0 amide bonds. The van der Waals surface area contributed by atoms with E-state index in [4.69, 9.17) is 21.6 Å². The second-order valence-electron chi connectivity index (χ2n) is 8.36. The molecule has 1 aromatic carbocycles. The van der Waals surface area contributed by atoms with E-state index in [1.54, 1.807) is 19.2 Å². The minimum Gasteiger partial charge on any atom is -0.353 e. The van der Waals surface area contributed by atoms with E-state index < -0.39 is 0 Å². The number of hydrogen-bond acceptors (Lipinski definition) is 6. The van der Waals surface area contributed by atoms with Crippen LogP contribution in [-0.4, -0.2) is 54.2 Å². The van der Waals surface area contributed by atoms with Crippen molar-refractivity contribution < 1.29 is 4.39 Å². The highest BCUT2D eigenvalue weighted by Crippen LogP contribution is 2.29. The molecule has 168 valence electrons. The molecule has 32 heavy (non-hydrogen) atoms. The van der Waals surface area contributed by atoms with Crippen molar-refractivity contribution >= 4 is 29.2 Å². The van der Waals surface area contributed by atoms with Gasteiger partial charge in [-0.25, -0.2) is 14.4 Å². The van der Waals surface area contributed by atoms with Gasteiger partial charge in [0.1, 0.15) is 17.5 Å². The van der Waals surface area contributed by atoms with Crippen LogP contribution in [-0.2, 0) is 0 Å². The van der Waals surface area contributed by atoms with Crippen LogP contribution in [0.25, 0.3) is 11.3 Å². The molecule has 8 heteroatoms. The topological polar surface area (TPSA) is 48.4 Å². The van der Waals surface area contributed by atoms with Crippen LogP contribution in [0.1, 0.15) is 19.4 Å². The molecule has 0 spiro atoms. The van der Waals surface area contributed by atoms with Gasteiger partial charge in [0.15, 0.2) is 0 Å². The van der Waals surface area contributed by atoms with Crippen molar-refractivity contribution in [3.05, 3.63) is 59.0 Å². The SMILES string of the molecule is Cc1cc(-c2cc(N3CCN(c4ncccc4Cl)CC3)nc(N(C)C(C)C)n2)ccc1F. The van der Waals surface area contributed by atoms with Crippen molar-refractivity contribution in [1.82, 2.24) is 15.0 Å². The molecule has 3 aromatic rings. The summed E-state index contributed by atoms with van der Waals surface area (Å²) in [7, 11) is 1.99. The standard InChI is InChI=1S/C24H28ClFN6/c1-16(2)30(4)24-28-21(18-7-8-20(26)17(3)14-18)15-22(29-24)31-10-12-32(13-11-31)23-19(25)6-5-9-27-23/h5-9,14-16H,10-13H2,1-4H3. The molecule has 0 radical (unpaired) electrons.